The highest BCUT2D eigenvalue weighted by Crippen LogP contribution is 1.97. The summed E-state index contributed by atoms with van der Waals surface area (Å²) in [6, 6.07) is 0.579. The molecule has 15 heavy (non-hydrogen) atoms. The molecule has 86 valence electrons. The van der Waals surface area contributed by atoms with Crippen molar-refractivity contribution >= 4 is 0 Å². The zero-order valence-electron chi connectivity index (χ0n) is 9.95. The first kappa shape index (κ1) is 12.2. The van der Waals surface area contributed by atoms with E-state index in [0.29, 0.717) is 6.04 Å². The topological polar surface area (TPSA) is 44.0 Å². The normalized spacial score (nSPS) is 13.3. The van der Waals surface area contributed by atoms with Crippen LogP contribution in [0.1, 0.15) is 26.6 Å². The summed E-state index contributed by atoms with van der Waals surface area (Å²) in [4.78, 5) is 9.69. The molecule has 1 rings (SSSR count). The summed E-state index contributed by atoms with van der Waals surface area (Å²) in [6.07, 6.45) is 3.63. The van der Waals surface area contributed by atoms with Crippen molar-refractivity contribution < 1.29 is 0 Å². The molecule has 2 N–H and O–H groups in total. The average Bonchev–Trinajstić information content (AvgIpc) is 2.72. The Balaban J connectivity index is 2.19. The third-order valence-corrected chi connectivity index (χ3v) is 2.72. The van der Waals surface area contributed by atoms with E-state index in [0.717, 1.165) is 32.0 Å². The summed E-state index contributed by atoms with van der Waals surface area (Å²) in [6.45, 7) is 10.7. The van der Waals surface area contributed by atoms with E-state index in [4.69, 9.17) is 0 Å². The molecule has 1 aromatic heterocycles. The van der Waals surface area contributed by atoms with E-state index in [1.54, 1.807) is 6.20 Å². The zero-order valence-corrected chi connectivity index (χ0v) is 9.95. The molecular formula is C11H22N4. The molecule has 0 radical (unpaired) electrons. The Morgan fingerprint density at radius 2 is 2.20 bits per heavy atom. The Hall–Kier alpha value is -0.870. The number of imidazole rings is 1. The first-order valence-electron chi connectivity index (χ1n) is 5.70. The summed E-state index contributed by atoms with van der Waals surface area (Å²) in [5, 5.41) is 3.40. The SMILES string of the molecule is CCN(CC)C(C)CNCc1ncc[nH]1. The molecule has 0 saturated carbocycles. The summed E-state index contributed by atoms with van der Waals surface area (Å²) < 4.78 is 0. The monoisotopic (exact) mass is 210 g/mol. The second-order valence-corrected chi connectivity index (χ2v) is 3.74. The maximum absolute atomic E-state index is 4.17. The summed E-state index contributed by atoms with van der Waals surface area (Å²) >= 11 is 0. The van der Waals surface area contributed by atoms with Crippen LogP contribution in [0.5, 0.6) is 0 Å². The number of likely N-dealkylation sites (N-methyl/N-ethyl adjacent to an activating group) is 1. The van der Waals surface area contributed by atoms with E-state index in [9.17, 15) is 0 Å². The van der Waals surface area contributed by atoms with E-state index >= 15 is 0 Å². The Labute approximate surface area is 92.1 Å². The van der Waals surface area contributed by atoms with E-state index < -0.39 is 0 Å². The van der Waals surface area contributed by atoms with Crippen molar-refractivity contribution in [3.8, 4) is 0 Å². The lowest BCUT2D eigenvalue weighted by atomic mass is 10.3. The Kier molecular flexibility index (Phi) is 5.36. The molecule has 0 aliphatic rings. The lowest BCUT2D eigenvalue weighted by molar-refractivity contribution is 0.225. The third-order valence-electron chi connectivity index (χ3n) is 2.72. The third kappa shape index (κ3) is 4.01. The van der Waals surface area contributed by atoms with Gasteiger partial charge in [-0.05, 0) is 20.0 Å². The van der Waals surface area contributed by atoms with Gasteiger partial charge in [0, 0.05) is 25.0 Å². The second-order valence-electron chi connectivity index (χ2n) is 3.74. The molecule has 1 heterocycles. The predicted octanol–water partition coefficient (Wildman–Crippen LogP) is 1.23. The van der Waals surface area contributed by atoms with Crippen LogP contribution in [0.3, 0.4) is 0 Å². The van der Waals surface area contributed by atoms with Crippen LogP contribution in [0.15, 0.2) is 12.4 Å². The number of hydrogen-bond acceptors (Lipinski definition) is 3. The molecule has 0 spiro atoms. The Bertz CT molecular complexity index is 241. The largest absolute Gasteiger partial charge is 0.348 e. The molecule has 4 nitrogen and oxygen atoms in total. The van der Waals surface area contributed by atoms with Crippen LogP contribution in [-0.2, 0) is 6.54 Å². The fraction of sp³-hybridized carbons (Fsp3) is 0.727. The van der Waals surface area contributed by atoms with E-state index in [1.807, 2.05) is 6.20 Å². The number of nitrogens with one attached hydrogen (secondary N) is 2. The maximum Gasteiger partial charge on any atom is 0.120 e. The summed E-state index contributed by atoms with van der Waals surface area (Å²) in [5.74, 6) is 1.00. The predicted molar refractivity (Wildman–Crippen MR) is 62.7 cm³/mol. The second kappa shape index (κ2) is 6.58. The summed E-state index contributed by atoms with van der Waals surface area (Å²) in [7, 11) is 0. The van der Waals surface area contributed by atoms with Gasteiger partial charge < -0.3 is 10.3 Å². The highest BCUT2D eigenvalue weighted by molar-refractivity contribution is 4.86. The van der Waals surface area contributed by atoms with Crippen molar-refractivity contribution in [1.82, 2.24) is 20.2 Å². The van der Waals surface area contributed by atoms with Crippen molar-refractivity contribution in [2.75, 3.05) is 19.6 Å². The molecular weight excluding hydrogens is 188 g/mol. The Morgan fingerprint density at radius 3 is 2.73 bits per heavy atom. The van der Waals surface area contributed by atoms with Crippen LogP contribution in [-0.4, -0.2) is 40.5 Å². The van der Waals surface area contributed by atoms with Crippen LogP contribution >= 0.6 is 0 Å². The number of H-pyrrole nitrogens is 1. The summed E-state index contributed by atoms with van der Waals surface area (Å²) in [5.41, 5.74) is 0. The lowest BCUT2D eigenvalue weighted by Gasteiger charge is -2.26. The zero-order chi connectivity index (χ0) is 11.1. The van der Waals surface area contributed by atoms with E-state index in [2.05, 4.69) is 41.0 Å². The van der Waals surface area contributed by atoms with Gasteiger partial charge in [-0.2, -0.15) is 0 Å². The first-order chi connectivity index (χ1) is 7.27. The van der Waals surface area contributed by atoms with Gasteiger partial charge in [0.1, 0.15) is 5.82 Å². The van der Waals surface area contributed by atoms with Gasteiger partial charge in [0.05, 0.1) is 6.54 Å². The highest BCUT2D eigenvalue weighted by atomic mass is 15.2. The molecule has 1 aromatic rings. The van der Waals surface area contributed by atoms with Gasteiger partial charge in [0.25, 0.3) is 0 Å². The molecule has 0 aliphatic carbocycles. The van der Waals surface area contributed by atoms with Crippen LogP contribution in [0.25, 0.3) is 0 Å². The number of aromatic nitrogens is 2. The van der Waals surface area contributed by atoms with Crippen molar-refractivity contribution in [1.29, 1.82) is 0 Å². The fourth-order valence-electron chi connectivity index (χ4n) is 1.77. The molecule has 4 heteroatoms. The van der Waals surface area contributed by atoms with Gasteiger partial charge in [-0.1, -0.05) is 13.8 Å². The number of aromatic amines is 1. The average molecular weight is 210 g/mol. The van der Waals surface area contributed by atoms with Crippen molar-refractivity contribution in [2.24, 2.45) is 0 Å². The fourth-order valence-corrected chi connectivity index (χ4v) is 1.77. The molecule has 0 fully saturated rings. The quantitative estimate of drug-likeness (QED) is 0.711. The van der Waals surface area contributed by atoms with Gasteiger partial charge in [0.15, 0.2) is 0 Å². The van der Waals surface area contributed by atoms with Gasteiger partial charge in [-0.25, -0.2) is 4.98 Å². The van der Waals surface area contributed by atoms with Crippen molar-refractivity contribution in [3.05, 3.63) is 18.2 Å². The number of rotatable bonds is 7. The molecule has 0 aliphatic heterocycles. The molecule has 0 saturated heterocycles. The minimum absolute atomic E-state index is 0.579. The molecule has 0 bridgehead atoms. The van der Waals surface area contributed by atoms with Crippen LogP contribution in [0, 0.1) is 0 Å². The minimum Gasteiger partial charge on any atom is -0.348 e. The van der Waals surface area contributed by atoms with Gasteiger partial charge in [-0.3, -0.25) is 4.90 Å². The van der Waals surface area contributed by atoms with Gasteiger partial charge >= 0.3 is 0 Å². The smallest absolute Gasteiger partial charge is 0.120 e. The minimum atomic E-state index is 0.579. The lowest BCUT2D eigenvalue weighted by Crippen LogP contribution is -2.40. The standard InChI is InChI=1S/C11H22N4/c1-4-15(5-2)10(3)8-12-9-11-13-6-7-14-11/h6-7,10,12H,4-5,8-9H2,1-3H3,(H,13,14). The highest BCUT2D eigenvalue weighted by Gasteiger charge is 2.08. The van der Waals surface area contributed by atoms with Gasteiger partial charge in [-0.15, -0.1) is 0 Å². The maximum atomic E-state index is 4.17. The number of nitrogens with zero attached hydrogens (tertiary/aromatic N) is 2. The van der Waals surface area contributed by atoms with Crippen LogP contribution in [0.4, 0.5) is 0 Å². The molecule has 1 atom stereocenters. The molecule has 0 amide bonds. The first-order valence-corrected chi connectivity index (χ1v) is 5.70. The van der Waals surface area contributed by atoms with Crippen molar-refractivity contribution in [3.63, 3.8) is 0 Å². The van der Waals surface area contributed by atoms with E-state index in [1.165, 1.54) is 0 Å². The van der Waals surface area contributed by atoms with Crippen molar-refractivity contribution in [2.45, 2.75) is 33.4 Å². The van der Waals surface area contributed by atoms with Gasteiger partial charge in [0.2, 0.25) is 0 Å². The Morgan fingerprint density at radius 1 is 1.47 bits per heavy atom. The molecule has 0 aromatic carbocycles. The molecule has 1 unspecified atom stereocenters. The van der Waals surface area contributed by atoms with Crippen LogP contribution < -0.4 is 5.32 Å². The van der Waals surface area contributed by atoms with E-state index in [-0.39, 0.29) is 0 Å². The number of hydrogen-bond donors (Lipinski definition) is 2. The van der Waals surface area contributed by atoms with Crippen LogP contribution in [0.2, 0.25) is 0 Å².